The summed E-state index contributed by atoms with van der Waals surface area (Å²) in [7, 11) is 0. The summed E-state index contributed by atoms with van der Waals surface area (Å²) in [6.07, 6.45) is 5.13. The van der Waals surface area contributed by atoms with Crippen molar-refractivity contribution in [3.63, 3.8) is 0 Å². The van der Waals surface area contributed by atoms with E-state index in [1.165, 1.54) is 6.92 Å². The first-order chi connectivity index (χ1) is 14.2. The third-order valence-electron chi connectivity index (χ3n) is 4.98. The lowest BCUT2D eigenvalue weighted by Crippen LogP contribution is -2.43. The molecule has 1 atom stereocenters. The standard InChI is InChI=1S/C24H36N2O4/c1-5-21(28)12-7-6-8-13-22(26-23(29)15-14-17(2)3)24(30)25-20-11-9-10-19(16-20)18(4)27/h9-11,16-17,22H,5-8,12-15H2,1-4H3,(H,25,30)(H,26,29)/t22-/m0/s1. The van der Waals surface area contributed by atoms with Crippen LogP contribution in [0.2, 0.25) is 0 Å². The predicted molar refractivity (Wildman–Crippen MR) is 119 cm³/mol. The highest BCUT2D eigenvalue weighted by molar-refractivity contribution is 5.99. The van der Waals surface area contributed by atoms with Crippen LogP contribution in [0.4, 0.5) is 5.69 Å². The normalized spacial score (nSPS) is 11.8. The molecule has 0 bridgehead atoms. The number of hydrogen-bond donors (Lipinski definition) is 2. The minimum absolute atomic E-state index is 0.0775. The molecule has 6 nitrogen and oxygen atoms in total. The van der Waals surface area contributed by atoms with Crippen LogP contribution in [-0.2, 0) is 14.4 Å². The van der Waals surface area contributed by atoms with E-state index in [2.05, 4.69) is 24.5 Å². The van der Waals surface area contributed by atoms with Gasteiger partial charge in [0.15, 0.2) is 5.78 Å². The molecule has 2 N–H and O–H groups in total. The van der Waals surface area contributed by atoms with Crippen molar-refractivity contribution < 1.29 is 19.2 Å². The van der Waals surface area contributed by atoms with Gasteiger partial charge in [0.25, 0.3) is 0 Å². The van der Waals surface area contributed by atoms with Gasteiger partial charge in [0.2, 0.25) is 11.8 Å². The van der Waals surface area contributed by atoms with E-state index in [0.29, 0.717) is 42.9 Å². The zero-order chi connectivity index (χ0) is 22.5. The van der Waals surface area contributed by atoms with E-state index in [4.69, 9.17) is 0 Å². The summed E-state index contributed by atoms with van der Waals surface area (Å²) < 4.78 is 0. The summed E-state index contributed by atoms with van der Waals surface area (Å²) in [6, 6.07) is 6.12. The predicted octanol–water partition coefficient (Wildman–Crippen LogP) is 4.68. The van der Waals surface area contributed by atoms with Gasteiger partial charge in [0, 0.05) is 30.5 Å². The van der Waals surface area contributed by atoms with Gasteiger partial charge in [-0.05, 0) is 44.2 Å². The molecule has 0 aliphatic carbocycles. The largest absolute Gasteiger partial charge is 0.344 e. The summed E-state index contributed by atoms with van der Waals surface area (Å²) in [5.74, 6) is 0.150. The second-order valence-corrected chi connectivity index (χ2v) is 8.17. The lowest BCUT2D eigenvalue weighted by Gasteiger charge is -2.19. The van der Waals surface area contributed by atoms with Crippen LogP contribution in [-0.4, -0.2) is 29.4 Å². The molecule has 0 saturated heterocycles. The minimum Gasteiger partial charge on any atom is -0.344 e. The van der Waals surface area contributed by atoms with Gasteiger partial charge in [-0.25, -0.2) is 0 Å². The number of benzene rings is 1. The topological polar surface area (TPSA) is 92.3 Å². The average molecular weight is 417 g/mol. The Kier molecular flexibility index (Phi) is 11.6. The van der Waals surface area contributed by atoms with Gasteiger partial charge in [-0.1, -0.05) is 45.7 Å². The highest BCUT2D eigenvalue weighted by Gasteiger charge is 2.21. The Balaban J connectivity index is 2.70. The molecule has 0 aliphatic heterocycles. The molecule has 0 radical (unpaired) electrons. The van der Waals surface area contributed by atoms with Gasteiger partial charge in [-0.3, -0.25) is 19.2 Å². The fraction of sp³-hybridized carbons (Fsp3) is 0.583. The van der Waals surface area contributed by atoms with Crippen molar-refractivity contribution in [3.05, 3.63) is 29.8 Å². The van der Waals surface area contributed by atoms with Crippen LogP contribution in [0.25, 0.3) is 0 Å². The lowest BCUT2D eigenvalue weighted by molar-refractivity contribution is -0.126. The Morgan fingerprint density at radius 2 is 1.70 bits per heavy atom. The Bertz CT molecular complexity index is 728. The molecule has 166 valence electrons. The number of ketones is 2. The minimum atomic E-state index is -0.646. The van der Waals surface area contributed by atoms with Crippen LogP contribution >= 0.6 is 0 Å². The maximum atomic E-state index is 12.8. The number of unbranched alkanes of at least 4 members (excludes halogenated alkanes) is 2. The van der Waals surface area contributed by atoms with E-state index in [-0.39, 0.29) is 23.4 Å². The molecule has 1 aromatic carbocycles. The van der Waals surface area contributed by atoms with Gasteiger partial charge >= 0.3 is 0 Å². The summed E-state index contributed by atoms with van der Waals surface area (Å²) in [5, 5.41) is 5.67. The summed E-state index contributed by atoms with van der Waals surface area (Å²) in [4.78, 5) is 48.1. The van der Waals surface area contributed by atoms with Crippen molar-refractivity contribution >= 4 is 29.1 Å². The molecule has 0 unspecified atom stereocenters. The van der Waals surface area contributed by atoms with Crippen molar-refractivity contribution in [2.45, 2.75) is 85.1 Å². The molecule has 0 fully saturated rings. The van der Waals surface area contributed by atoms with Gasteiger partial charge in [-0.2, -0.15) is 0 Å². The molecule has 1 rings (SSSR count). The SMILES string of the molecule is CCC(=O)CCCCC[C@H](NC(=O)CCC(C)C)C(=O)Nc1cccc(C(C)=O)c1. The number of hydrogen-bond acceptors (Lipinski definition) is 4. The smallest absolute Gasteiger partial charge is 0.246 e. The monoisotopic (exact) mass is 416 g/mol. The maximum Gasteiger partial charge on any atom is 0.246 e. The highest BCUT2D eigenvalue weighted by atomic mass is 16.2. The van der Waals surface area contributed by atoms with E-state index < -0.39 is 6.04 Å². The number of Topliss-reactive ketones (excluding diaryl/α,β-unsaturated/α-hetero) is 2. The molecule has 0 aliphatic rings. The number of nitrogens with one attached hydrogen (secondary N) is 2. The Hall–Kier alpha value is -2.50. The van der Waals surface area contributed by atoms with Crippen molar-refractivity contribution in [1.82, 2.24) is 5.32 Å². The Morgan fingerprint density at radius 3 is 2.33 bits per heavy atom. The number of anilines is 1. The second-order valence-electron chi connectivity index (χ2n) is 8.17. The molecule has 6 heteroatoms. The molecule has 30 heavy (non-hydrogen) atoms. The number of carbonyl (C=O) groups is 4. The van der Waals surface area contributed by atoms with Gasteiger partial charge in [0.05, 0.1) is 0 Å². The van der Waals surface area contributed by atoms with Gasteiger partial charge in [-0.15, -0.1) is 0 Å². The molecule has 0 heterocycles. The molecule has 0 saturated carbocycles. The van der Waals surface area contributed by atoms with E-state index in [9.17, 15) is 19.2 Å². The number of rotatable bonds is 14. The lowest BCUT2D eigenvalue weighted by atomic mass is 10.0. The zero-order valence-electron chi connectivity index (χ0n) is 18.8. The molecule has 0 spiro atoms. The molecule has 2 amide bonds. The first-order valence-electron chi connectivity index (χ1n) is 11.0. The van der Waals surface area contributed by atoms with E-state index >= 15 is 0 Å². The van der Waals surface area contributed by atoms with Crippen molar-refractivity contribution in [1.29, 1.82) is 0 Å². The number of amides is 2. The third-order valence-corrected chi connectivity index (χ3v) is 4.98. The van der Waals surface area contributed by atoms with Crippen molar-refractivity contribution in [3.8, 4) is 0 Å². The first kappa shape index (κ1) is 25.5. The van der Waals surface area contributed by atoms with Gasteiger partial charge < -0.3 is 10.6 Å². The van der Waals surface area contributed by atoms with Crippen LogP contribution in [0, 0.1) is 5.92 Å². The maximum absolute atomic E-state index is 12.8. The molecular weight excluding hydrogens is 380 g/mol. The van der Waals surface area contributed by atoms with E-state index in [1.807, 2.05) is 6.92 Å². The van der Waals surface area contributed by atoms with E-state index in [1.54, 1.807) is 24.3 Å². The fourth-order valence-electron chi connectivity index (χ4n) is 3.02. The quantitative estimate of drug-likeness (QED) is 0.340. The average Bonchev–Trinajstić information content (AvgIpc) is 2.70. The Labute approximate surface area is 180 Å². The van der Waals surface area contributed by atoms with Crippen LogP contribution in [0.1, 0.15) is 89.4 Å². The molecule has 0 aromatic heterocycles. The second kappa shape index (κ2) is 13.7. The van der Waals surface area contributed by atoms with E-state index in [0.717, 1.165) is 25.7 Å². The first-order valence-corrected chi connectivity index (χ1v) is 11.0. The van der Waals surface area contributed by atoms with Crippen LogP contribution in [0.15, 0.2) is 24.3 Å². The van der Waals surface area contributed by atoms with Crippen molar-refractivity contribution in [2.75, 3.05) is 5.32 Å². The van der Waals surface area contributed by atoms with Gasteiger partial charge in [0.1, 0.15) is 11.8 Å². The Morgan fingerprint density at radius 1 is 0.967 bits per heavy atom. The van der Waals surface area contributed by atoms with Crippen LogP contribution in [0.3, 0.4) is 0 Å². The van der Waals surface area contributed by atoms with Crippen LogP contribution in [0.5, 0.6) is 0 Å². The van der Waals surface area contributed by atoms with Crippen molar-refractivity contribution in [2.24, 2.45) is 5.92 Å². The summed E-state index contributed by atoms with van der Waals surface area (Å²) in [6.45, 7) is 7.44. The fourth-order valence-corrected chi connectivity index (χ4v) is 3.02. The highest BCUT2D eigenvalue weighted by Crippen LogP contribution is 2.14. The van der Waals surface area contributed by atoms with Crippen LogP contribution < -0.4 is 10.6 Å². The summed E-state index contributed by atoms with van der Waals surface area (Å²) in [5.41, 5.74) is 1.05. The molecular formula is C24H36N2O4. The summed E-state index contributed by atoms with van der Waals surface area (Å²) >= 11 is 0. The zero-order valence-corrected chi connectivity index (χ0v) is 18.8. The number of carbonyl (C=O) groups excluding carboxylic acids is 4. The third kappa shape index (κ3) is 10.3. The molecule has 1 aromatic rings.